The summed E-state index contributed by atoms with van der Waals surface area (Å²) in [7, 11) is 0. The molecule has 2 rings (SSSR count). The third kappa shape index (κ3) is 3.12. The highest BCUT2D eigenvalue weighted by atomic mass is 16.6. The van der Waals surface area contributed by atoms with Gasteiger partial charge < -0.3 is 4.74 Å². The van der Waals surface area contributed by atoms with Crippen LogP contribution in [0.25, 0.3) is 11.1 Å². The Labute approximate surface area is 117 Å². The number of nitrogens with zero attached hydrogens (tertiary/aromatic N) is 2. The van der Waals surface area contributed by atoms with Crippen LogP contribution in [0.15, 0.2) is 36.5 Å². The maximum atomic E-state index is 11.2. The second-order valence-corrected chi connectivity index (χ2v) is 4.83. The van der Waals surface area contributed by atoms with E-state index < -0.39 is 0 Å². The van der Waals surface area contributed by atoms with Gasteiger partial charge in [-0.25, -0.2) is 4.98 Å². The lowest BCUT2D eigenvalue weighted by atomic mass is 10.0. The summed E-state index contributed by atoms with van der Waals surface area (Å²) in [4.78, 5) is 14.9. The molecule has 0 atom stereocenters. The lowest BCUT2D eigenvalue weighted by molar-refractivity contribution is -0.384. The number of nitro benzene ring substituents is 1. The van der Waals surface area contributed by atoms with E-state index in [2.05, 4.69) is 4.98 Å². The molecule has 2 aromatic rings. The van der Waals surface area contributed by atoms with Gasteiger partial charge in [-0.05, 0) is 44.0 Å². The van der Waals surface area contributed by atoms with Crippen molar-refractivity contribution in [3.63, 3.8) is 0 Å². The molecule has 0 aliphatic carbocycles. The maximum absolute atomic E-state index is 11.2. The molecule has 0 fully saturated rings. The molecule has 104 valence electrons. The number of aromatic nitrogens is 1. The summed E-state index contributed by atoms with van der Waals surface area (Å²) in [6.07, 6.45) is 1.60. The monoisotopic (exact) mass is 272 g/mol. The van der Waals surface area contributed by atoms with E-state index in [1.165, 1.54) is 0 Å². The van der Waals surface area contributed by atoms with Crippen LogP contribution in [0.3, 0.4) is 0 Å². The summed E-state index contributed by atoms with van der Waals surface area (Å²) in [5.74, 6) is 0.465. The first kappa shape index (κ1) is 14.0. The maximum Gasteiger partial charge on any atom is 0.277 e. The number of pyridine rings is 1. The highest BCUT2D eigenvalue weighted by Gasteiger charge is 2.16. The zero-order valence-corrected chi connectivity index (χ0v) is 11.7. The number of benzene rings is 1. The molecule has 0 aliphatic heterocycles. The molecule has 0 amide bonds. The van der Waals surface area contributed by atoms with Crippen molar-refractivity contribution in [3.05, 3.63) is 52.2 Å². The van der Waals surface area contributed by atoms with Crippen LogP contribution >= 0.6 is 0 Å². The third-order valence-electron chi connectivity index (χ3n) is 2.75. The number of rotatable bonds is 4. The zero-order chi connectivity index (χ0) is 14.7. The van der Waals surface area contributed by atoms with E-state index in [1.807, 2.05) is 26.8 Å². The van der Waals surface area contributed by atoms with E-state index in [0.717, 1.165) is 11.1 Å². The molecule has 0 saturated heterocycles. The fourth-order valence-electron chi connectivity index (χ4n) is 1.92. The molecule has 0 radical (unpaired) electrons. The summed E-state index contributed by atoms with van der Waals surface area (Å²) in [5, 5.41) is 11.2. The number of hydrogen-bond donors (Lipinski definition) is 0. The number of nitro groups is 1. The lowest BCUT2D eigenvalue weighted by Gasteiger charge is -2.10. The molecule has 0 bridgehead atoms. The molecule has 0 N–H and O–H groups in total. The minimum atomic E-state index is -0.369. The van der Waals surface area contributed by atoms with Gasteiger partial charge in [-0.2, -0.15) is 0 Å². The Morgan fingerprint density at radius 3 is 2.65 bits per heavy atom. The van der Waals surface area contributed by atoms with Crippen LogP contribution in [0.2, 0.25) is 0 Å². The van der Waals surface area contributed by atoms with Crippen molar-refractivity contribution in [2.24, 2.45) is 0 Å². The molecule has 5 nitrogen and oxygen atoms in total. The largest absolute Gasteiger partial charge is 0.475 e. The van der Waals surface area contributed by atoms with Gasteiger partial charge in [0.15, 0.2) is 0 Å². The van der Waals surface area contributed by atoms with Crippen molar-refractivity contribution in [2.75, 3.05) is 0 Å². The summed E-state index contributed by atoms with van der Waals surface area (Å²) >= 11 is 0. The van der Waals surface area contributed by atoms with E-state index in [4.69, 9.17) is 4.74 Å². The first-order chi connectivity index (χ1) is 9.47. The van der Waals surface area contributed by atoms with Crippen molar-refractivity contribution in [2.45, 2.75) is 26.9 Å². The zero-order valence-electron chi connectivity index (χ0n) is 11.7. The van der Waals surface area contributed by atoms with E-state index in [-0.39, 0.29) is 16.7 Å². The van der Waals surface area contributed by atoms with Gasteiger partial charge in [0, 0.05) is 18.3 Å². The molecule has 0 spiro atoms. The molecule has 0 unspecified atom stereocenters. The van der Waals surface area contributed by atoms with Crippen LogP contribution in [0.4, 0.5) is 5.69 Å². The average Bonchev–Trinajstić information content (AvgIpc) is 2.38. The number of hydrogen-bond acceptors (Lipinski definition) is 4. The first-order valence-electron chi connectivity index (χ1n) is 6.35. The lowest BCUT2D eigenvalue weighted by Crippen LogP contribution is -2.06. The van der Waals surface area contributed by atoms with E-state index in [1.54, 1.807) is 30.5 Å². The topological polar surface area (TPSA) is 65.3 Å². The Bertz CT molecular complexity index is 639. The van der Waals surface area contributed by atoms with Gasteiger partial charge in [0.25, 0.3) is 5.69 Å². The summed E-state index contributed by atoms with van der Waals surface area (Å²) < 4.78 is 5.52. The van der Waals surface area contributed by atoms with Gasteiger partial charge in [-0.1, -0.05) is 6.07 Å². The van der Waals surface area contributed by atoms with Crippen molar-refractivity contribution in [1.82, 2.24) is 4.98 Å². The predicted molar refractivity (Wildman–Crippen MR) is 76.8 cm³/mol. The Balaban J connectivity index is 2.48. The number of aryl methyl sites for hydroxylation is 1. The van der Waals surface area contributed by atoms with Gasteiger partial charge in [-0.3, -0.25) is 10.1 Å². The van der Waals surface area contributed by atoms with Crippen molar-refractivity contribution >= 4 is 5.69 Å². The van der Waals surface area contributed by atoms with E-state index >= 15 is 0 Å². The van der Waals surface area contributed by atoms with Gasteiger partial charge in [-0.15, -0.1) is 0 Å². The normalized spacial score (nSPS) is 10.6. The van der Waals surface area contributed by atoms with Crippen LogP contribution in [0.5, 0.6) is 5.88 Å². The minimum Gasteiger partial charge on any atom is -0.475 e. The Hall–Kier alpha value is -2.43. The van der Waals surface area contributed by atoms with E-state index in [0.29, 0.717) is 11.4 Å². The van der Waals surface area contributed by atoms with Crippen molar-refractivity contribution < 1.29 is 9.66 Å². The summed E-state index contributed by atoms with van der Waals surface area (Å²) in [6.45, 7) is 5.64. The molecule has 0 aliphatic rings. The van der Waals surface area contributed by atoms with Crippen molar-refractivity contribution in [3.8, 4) is 17.0 Å². The van der Waals surface area contributed by atoms with Gasteiger partial charge in [0.1, 0.15) is 0 Å². The van der Waals surface area contributed by atoms with Gasteiger partial charge in [0.2, 0.25) is 5.88 Å². The Kier molecular flexibility index (Phi) is 3.98. The van der Waals surface area contributed by atoms with Gasteiger partial charge in [0.05, 0.1) is 16.6 Å². The summed E-state index contributed by atoms with van der Waals surface area (Å²) in [5.41, 5.74) is 2.24. The van der Waals surface area contributed by atoms with Crippen LogP contribution in [-0.2, 0) is 0 Å². The number of ether oxygens (including phenoxy) is 1. The molecular formula is C15H16N2O3. The summed E-state index contributed by atoms with van der Waals surface area (Å²) in [6, 6.07) is 8.63. The highest BCUT2D eigenvalue weighted by Crippen LogP contribution is 2.31. The molecule has 5 heteroatoms. The van der Waals surface area contributed by atoms with Crippen LogP contribution in [0.1, 0.15) is 19.4 Å². The van der Waals surface area contributed by atoms with Gasteiger partial charge >= 0.3 is 0 Å². The molecule has 0 saturated carbocycles. The molecule has 1 aromatic carbocycles. The predicted octanol–water partition coefficient (Wildman–Crippen LogP) is 3.75. The van der Waals surface area contributed by atoms with Crippen LogP contribution in [-0.4, -0.2) is 16.0 Å². The van der Waals surface area contributed by atoms with E-state index in [9.17, 15) is 10.1 Å². The fraction of sp³-hybridized carbons (Fsp3) is 0.267. The Morgan fingerprint density at radius 2 is 2.00 bits per heavy atom. The second kappa shape index (κ2) is 5.69. The van der Waals surface area contributed by atoms with Crippen molar-refractivity contribution in [1.29, 1.82) is 0 Å². The average molecular weight is 272 g/mol. The molecule has 1 heterocycles. The molecular weight excluding hydrogens is 256 g/mol. The molecule has 20 heavy (non-hydrogen) atoms. The minimum absolute atomic E-state index is 0.00533. The van der Waals surface area contributed by atoms with Crippen LogP contribution in [0, 0.1) is 17.0 Å². The molecule has 1 aromatic heterocycles. The SMILES string of the molecule is Cc1ccc(-c2ccnc(OC(C)C)c2)c([N+](=O)[O-])c1. The van der Waals surface area contributed by atoms with Crippen LogP contribution < -0.4 is 4.74 Å². The Morgan fingerprint density at radius 1 is 1.25 bits per heavy atom. The standard InChI is InChI=1S/C15H16N2O3/c1-10(2)20-15-9-12(6-7-16-15)13-5-4-11(3)8-14(13)17(18)19/h4-10H,1-3H3. The quantitative estimate of drug-likeness (QED) is 0.628. The first-order valence-corrected chi connectivity index (χ1v) is 6.35. The fourth-order valence-corrected chi connectivity index (χ4v) is 1.92. The third-order valence-corrected chi connectivity index (χ3v) is 2.75. The highest BCUT2D eigenvalue weighted by molar-refractivity contribution is 5.74. The smallest absolute Gasteiger partial charge is 0.277 e. The second-order valence-electron chi connectivity index (χ2n) is 4.83.